The largest absolute Gasteiger partial charge is 0.481 e. The Hall–Kier alpha value is -2.29. The second-order valence-corrected chi connectivity index (χ2v) is 3.81. The van der Waals surface area contributed by atoms with Crippen LogP contribution < -0.4 is 4.74 Å². The fourth-order valence-corrected chi connectivity index (χ4v) is 1.93. The summed E-state index contributed by atoms with van der Waals surface area (Å²) in [4.78, 5) is 4.20. The lowest BCUT2D eigenvalue weighted by molar-refractivity contribution is 0.398. The van der Waals surface area contributed by atoms with Gasteiger partial charge in [-0.1, -0.05) is 18.2 Å². The van der Waals surface area contributed by atoms with E-state index in [4.69, 9.17) is 4.74 Å². The molecule has 2 heterocycles. The number of ether oxygens (including phenoxy) is 1. The van der Waals surface area contributed by atoms with Crippen LogP contribution >= 0.6 is 0 Å². The highest BCUT2D eigenvalue weighted by Crippen LogP contribution is 2.22. The molecule has 0 saturated carbocycles. The van der Waals surface area contributed by atoms with E-state index in [1.165, 1.54) is 0 Å². The summed E-state index contributed by atoms with van der Waals surface area (Å²) in [5.41, 5.74) is 2.24. The Balaban J connectivity index is 2.23. The third-order valence-corrected chi connectivity index (χ3v) is 2.79. The number of nitrogens with zero attached hydrogens (tertiary/aromatic N) is 2. The third-order valence-electron chi connectivity index (χ3n) is 2.79. The first-order valence-corrected chi connectivity index (χ1v) is 5.45. The van der Waals surface area contributed by atoms with Gasteiger partial charge in [0.25, 0.3) is 0 Å². The van der Waals surface area contributed by atoms with Crippen LogP contribution in [0.1, 0.15) is 0 Å². The van der Waals surface area contributed by atoms with Gasteiger partial charge in [-0.2, -0.15) is 0 Å². The number of hydrogen-bond acceptors (Lipinski definition) is 2. The summed E-state index contributed by atoms with van der Waals surface area (Å²) in [7, 11) is 1.63. The average Bonchev–Trinajstić information content (AvgIpc) is 2.82. The Morgan fingerprint density at radius 1 is 1.12 bits per heavy atom. The average molecular weight is 224 g/mol. The molecule has 2 aromatic heterocycles. The van der Waals surface area contributed by atoms with Crippen molar-refractivity contribution in [3.8, 4) is 11.6 Å². The van der Waals surface area contributed by atoms with E-state index >= 15 is 0 Å². The van der Waals surface area contributed by atoms with Crippen molar-refractivity contribution in [1.82, 2.24) is 9.55 Å². The zero-order valence-electron chi connectivity index (χ0n) is 9.50. The number of methoxy groups -OCH3 is 1. The second-order valence-electron chi connectivity index (χ2n) is 3.81. The van der Waals surface area contributed by atoms with Gasteiger partial charge in [0.05, 0.1) is 12.6 Å². The highest BCUT2D eigenvalue weighted by Gasteiger charge is 2.04. The normalized spacial score (nSPS) is 10.6. The lowest BCUT2D eigenvalue weighted by Crippen LogP contribution is -1.92. The predicted octanol–water partition coefficient (Wildman–Crippen LogP) is 3.03. The molecule has 0 unspecified atom stereocenters. The maximum Gasteiger partial charge on any atom is 0.215 e. The standard InChI is InChI=1S/C14H12N2O/c1-17-14-9-13-11(10-15-14)7-8-16(13)12-5-3-2-4-6-12/h2-10H,1H3. The number of hydrogen-bond donors (Lipinski definition) is 0. The van der Waals surface area contributed by atoms with E-state index in [9.17, 15) is 0 Å². The van der Waals surface area contributed by atoms with Crippen molar-refractivity contribution in [2.75, 3.05) is 7.11 Å². The van der Waals surface area contributed by atoms with Crippen LogP contribution in [0.5, 0.6) is 5.88 Å². The van der Waals surface area contributed by atoms with Gasteiger partial charge in [-0.25, -0.2) is 4.98 Å². The van der Waals surface area contributed by atoms with Crippen molar-refractivity contribution in [1.29, 1.82) is 0 Å². The zero-order chi connectivity index (χ0) is 11.7. The third kappa shape index (κ3) is 1.65. The SMILES string of the molecule is COc1cc2c(ccn2-c2ccccc2)cn1. The lowest BCUT2D eigenvalue weighted by atomic mass is 10.3. The number of rotatable bonds is 2. The quantitative estimate of drug-likeness (QED) is 0.669. The molecule has 0 saturated heterocycles. The Labute approximate surface area is 99.3 Å². The van der Waals surface area contributed by atoms with Gasteiger partial charge < -0.3 is 9.30 Å². The fraction of sp³-hybridized carbons (Fsp3) is 0.0714. The van der Waals surface area contributed by atoms with Crippen LogP contribution in [0.15, 0.2) is 54.9 Å². The Morgan fingerprint density at radius 3 is 2.71 bits per heavy atom. The van der Waals surface area contributed by atoms with Gasteiger partial charge in [0.1, 0.15) is 0 Å². The van der Waals surface area contributed by atoms with Crippen molar-refractivity contribution in [3.63, 3.8) is 0 Å². The molecule has 1 aromatic carbocycles. The van der Waals surface area contributed by atoms with Gasteiger partial charge in [-0.05, 0) is 18.2 Å². The number of pyridine rings is 1. The highest BCUT2D eigenvalue weighted by atomic mass is 16.5. The van der Waals surface area contributed by atoms with Crippen molar-refractivity contribution < 1.29 is 4.74 Å². The summed E-state index contributed by atoms with van der Waals surface area (Å²) in [6.07, 6.45) is 3.87. The van der Waals surface area contributed by atoms with Crippen molar-refractivity contribution in [2.45, 2.75) is 0 Å². The van der Waals surface area contributed by atoms with Gasteiger partial charge in [0, 0.05) is 29.5 Å². The number of fused-ring (bicyclic) bond motifs is 1. The first-order chi connectivity index (χ1) is 8.38. The molecule has 0 N–H and O–H groups in total. The maximum atomic E-state index is 5.16. The monoisotopic (exact) mass is 224 g/mol. The predicted molar refractivity (Wildman–Crippen MR) is 67.6 cm³/mol. The molecule has 0 aliphatic carbocycles. The number of benzene rings is 1. The van der Waals surface area contributed by atoms with Gasteiger partial charge >= 0.3 is 0 Å². The topological polar surface area (TPSA) is 27.1 Å². The van der Waals surface area contributed by atoms with Gasteiger partial charge in [-0.3, -0.25) is 0 Å². The summed E-state index contributed by atoms with van der Waals surface area (Å²) >= 11 is 0. The van der Waals surface area contributed by atoms with E-state index in [2.05, 4.69) is 27.8 Å². The second kappa shape index (κ2) is 3.94. The molecule has 0 aliphatic heterocycles. The molecule has 3 aromatic rings. The first kappa shape index (κ1) is 9.90. The lowest BCUT2D eigenvalue weighted by Gasteiger charge is -2.05. The molecule has 0 amide bonds. The van der Waals surface area contributed by atoms with Crippen LogP contribution in [0.2, 0.25) is 0 Å². The Kier molecular flexibility index (Phi) is 2.29. The number of aromatic nitrogens is 2. The van der Waals surface area contributed by atoms with Crippen molar-refractivity contribution in [2.24, 2.45) is 0 Å². The first-order valence-electron chi connectivity index (χ1n) is 5.45. The van der Waals surface area contributed by atoms with Crippen molar-refractivity contribution >= 4 is 10.9 Å². The van der Waals surface area contributed by atoms with Gasteiger partial charge in [0.15, 0.2) is 0 Å². The zero-order valence-corrected chi connectivity index (χ0v) is 9.50. The smallest absolute Gasteiger partial charge is 0.215 e. The summed E-state index contributed by atoms with van der Waals surface area (Å²) in [5, 5.41) is 1.11. The van der Waals surface area contributed by atoms with Crippen LogP contribution in [0.3, 0.4) is 0 Å². The molecular formula is C14H12N2O. The molecule has 3 rings (SSSR count). The Morgan fingerprint density at radius 2 is 1.94 bits per heavy atom. The molecule has 0 fully saturated rings. The summed E-state index contributed by atoms with van der Waals surface area (Å²) < 4.78 is 7.28. The van der Waals surface area contributed by atoms with Crippen LogP contribution in [0, 0.1) is 0 Å². The van der Waals surface area contributed by atoms with E-state index in [0.29, 0.717) is 5.88 Å². The van der Waals surface area contributed by atoms with Crippen LogP contribution in [0.25, 0.3) is 16.6 Å². The highest BCUT2D eigenvalue weighted by molar-refractivity contribution is 5.81. The molecule has 0 aliphatic rings. The molecule has 0 radical (unpaired) electrons. The molecule has 0 atom stereocenters. The molecule has 17 heavy (non-hydrogen) atoms. The van der Waals surface area contributed by atoms with Crippen LogP contribution in [0.4, 0.5) is 0 Å². The van der Waals surface area contributed by atoms with Gasteiger partial charge in [0.2, 0.25) is 5.88 Å². The van der Waals surface area contributed by atoms with Gasteiger partial charge in [-0.15, -0.1) is 0 Å². The summed E-state index contributed by atoms with van der Waals surface area (Å²) in [5.74, 6) is 0.633. The molecule has 3 heteroatoms. The molecule has 84 valence electrons. The molecular weight excluding hydrogens is 212 g/mol. The maximum absolute atomic E-state index is 5.16. The van der Waals surface area contributed by atoms with E-state index in [1.54, 1.807) is 7.11 Å². The summed E-state index contributed by atoms with van der Waals surface area (Å²) in [6.45, 7) is 0. The minimum atomic E-state index is 0.633. The van der Waals surface area contributed by atoms with Crippen LogP contribution in [-0.2, 0) is 0 Å². The molecule has 0 bridgehead atoms. The minimum absolute atomic E-state index is 0.633. The fourth-order valence-electron chi connectivity index (χ4n) is 1.93. The van der Waals surface area contributed by atoms with E-state index < -0.39 is 0 Å². The minimum Gasteiger partial charge on any atom is -0.481 e. The number of para-hydroxylation sites is 1. The summed E-state index contributed by atoms with van der Waals surface area (Å²) in [6, 6.07) is 14.2. The van der Waals surface area contributed by atoms with E-state index in [1.807, 2.05) is 36.7 Å². The van der Waals surface area contributed by atoms with E-state index in [0.717, 1.165) is 16.6 Å². The Bertz CT molecular complexity index is 644. The van der Waals surface area contributed by atoms with Crippen LogP contribution in [-0.4, -0.2) is 16.7 Å². The van der Waals surface area contributed by atoms with Crippen molar-refractivity contribution in [3.05, 3.63) is 54.9 Å². The van der Waals surface area contributed by atoms with E-state index in [-0.39, 0.29) is 0 Å². The molecule has 0 spiro atoms. The molecule has 3 nitrogen and oxygen atoms in total.